The van der Waals surface area contributed by atoms with Crippen LogP contribution in [0.2, 0.25) is 0 Å². The molecule has 1 aromatic rings. The maximum absolute atomic E-state index is 11.3. The third kappa shape index (κ3) is 2.80. The van der Waals surface area contributed by atoms with Crippen LogP contribution in [-0.4, -0.2) is 61.1 Å². The van der Waals surface area contributed by atoms with Crippen molar-refractivity contribution in [2.45, 2.75) is 19.4 Å². The van der Waals surface area contributed by atoms with E-state index in [1.165, 1.54) is 17.8 Å². The second kappa shape index (κ2) is 5.56. The van der Waals surface area contributed by atoms with Crippen molar-refractivity contribution in [3.63, 3.8) is 0 Å². The number of ketones is 1. The quantitative estimate of drug-likeness (QED) is 0.781. The van der Waals surface area contributed by atoms with Crippen molar-refractivity contribution in [2.24, 2.45) is 0 Å². The Morgan fingerprint density at radius 3 is 2.89 bits per heavy atom. The molecule has 0 N–H and O–H groups in total. The van der Waals surface area contributed by atoms with E-state index in [-0.39, 0.29) is 5.78 Å². The molecule has 2 aliphatic rings. The number of aromatic nitrogens is 1. The third-order valence-corrected chi connectivity index (χ3v) is 5.00. The van der Waals surface area contributed by atoms with E-state index >= 15 is 0 Å². The van der Waals surface area contributed by atoms with Gasteiger partial charge in [0, 0.05) is 39.1 Å². The molecule has 1 atom stereocenters. The van der Waals surface area contributed by atoms with E-state index in [9.17, 15) is 4.79 Å². The monoisotopic (exact) mass is 281 g/mol. The minimum atomic E-state index is 0.104. The number of carbonyl (C=O) groups is 1. The van der Waals surface area contributed by atoms with Gasteiger partial charge < -0.3 is 9.64 Å². The molecule has 1 unspecified atom stereocenters. The van der Waals surface area contributed by atoms with Crippen LogP contribution in [0.1, 0.15) is 23.0 Å². The summed E-state index contributed by atoms with van der Waals surface area (Å²) in [6, 6.07) is 0.605. The van der Waals surface area contributed by atoms with Gasteiger partial charge in [0.1, 0.15) is 0 Å². The molecule has 5 nitrogen and oxygen atoms in total. The van der Waals surface area contributed by atoms with Crippen LogP contribution in [0.5, 0.6) is 0 Å². The largest absolute Gasteiger partial charge is 0.379 e. The van der Waals surface area contributed by atoms with Crippen molar-refractivity contribution < 1.29 is 9.53 Å². The topological polar surface area (TPSA) is 45.7 Å². The second-order valence-corrected chi connectivity index (χ2v) is 6.11. The first-order valence-corrected chi connectivity index (χ1v) is 7.59. The highest BCUT2D eigenvalue weighted by Gasteiger charge is 2.30. The summed E-state index contributed by atoms with van der Waals surface area (Å²) in [5.74, 6) is 0.104. The molecule has 0 bridgehead atoms. The predicted molar refractivity (Wildman–Crippen MR) is 75.1 cm³/mol. The molecule has 3 rings (SSSR count). The molecule has 0 spiro atoms. The van der Waals surface area contributed by atoms with E-state index in [4.69, 9.17) is 4.74 Å². The van der Waals surface area contributed by atoms with Gasteiger partial charge in [-0.3, -0.25) is 9.69 Å². The van der Waals surface area contributed by atoms with Gasteiger partial charge in [0.2, 0.25) is 0 Å². The normalized spacial score (nSPS) is 24.9. The fraction of sp³-hybridized carbons (Fsp3) is 0.692. The molecular formula is C13H19N3O2S. The van der Waals surface area contributed by atoms with E-state index in [1.807, 2.05) is 0 Å². The lowest BCUT2D eigenvalue weighted by Crippen LogP contribution is -2.44. The van der Waals surface area contributed by atoms with Crippen LogP contribution >= 0.6 is 11.3 Å². The molecule has 0 saturated carbocycles. The zero-order valence-electron chi connectivity index (χ0n) is 11.2. The summed E-state index contributed by atoms with van der Waals surface area (Å²) in [5, 5.41) is 0.987. The molecule has 2 saturated heterocycles. The van der Waals surface area contributed by atoms with E-state index < -0.39 is 0 Å². The highest BCUT2D eigenvalue weighted by molar-refractivity contribution is 7.17. The van der Waals surface area contributed by atoms with Gasteiger partial charge in [-0.25, -0.2) is 4.98 Å². The number of morpholine rings is 1. The van der Waals surface area contributed by atoms with Gasteiger partial charge in [-0.05, 0) is 6.42 Å². The van der Waals surface area contributed by atoms with Crippen LogP contribution in [0.15, 0.2) is 6.20 Å². The van der Waals surface area contributed by atoms with E-state index in [2.05, 4.69) is 14.8 Å². The van der Waals surface area contributed by atoms with Crippen molar-refractivity contribution in [3.8, 4) is 0 Å². The van der Waals surface area contributed by atoms with Crippen LogP contribution in [0.25, 0.3) is 0 Å². The average Bonchev–Trinajstić information content (AvgIpc) is 3.09. The summed E-state index contributed by atoms with van der Waals surface area (Å²) in [4.78, 5) is 21.3. The highest BCUT2D eigenvalue weighted by atomic mass is 32.1. The first-order chi connectivity index (χ1) is 9.24. The summed E-state index contributed by atoms with van der Waals surface area (Å²) < 4.78 is 5.40. The zero-order valence-corrected chi connectivity index (χ0v) is 12.0. The Morgan fingerprint density at radius 1 is 1.42 bits per heavy atom. The molecule has 0 amide bonds. The molecule has 104 valence electrons. The van der Waals surface area contributed by atoms with Crippen LogP contribution in [0.4, 0.5) is 5.13 Å². The minimum absolute atomic E-state index is 0.104. The number of thiazole rings is 1. The summed E-state index contributed by atoms with van der Waals surface area (Å²) >= 11 is 1.51. The van der Waals surface area contributed by atoms with E-state index in [0.717, 1.165) is 49.4 Å². The molecule has 2 fully saturated rings. The molecule has 3 heterocycles. The first kappa shape index (κ1) is 13.0. The molecule has 0 aliphatic carbocycles. The lowest BCUT2D eigenvalue weighted by atomic mass is 10.2. The lowest BCUT2D eigenvalue weighted by molar-refractivity contribution is 0.0209. The average molecular weight is 281 g/mol. The van der Waals surface area contributed by atoms with Crippen LogP contribution in [0.3, 0.4) is 0 Å². The Kier molecular flexibility index (Phi) is 3.81. The number of nitrogens with zero attached hydrogens (tertiary/aromatic N) is 3. The fourth-order valence-electron chi connectivity index (χ4n) is 2.73. The van der Waals surface area contributed by atoms with Crippen LogP contribution in [-0.2, 0) is 4.74 Å². The smallest absolute Gasteiger partial charge is 0.185 e. The summed E-state index contributed by atoms with van der Waals surface area (Å²) in [6.45, 7) is 7.42. The Hall–Kier alpha value is -0.980. The number of hydrogen-bond acceptors (Lipinski definition) is 6. The molecular weight excluding hydrogens is 262 g/mol. The van der Waals surface area contributed by atoms with Gasteiger partial charge in [-0.1, -0.05) is 11.3 Å². The SMILES string of the molecule is CC(=O)c1cnc(N2CCC(N3CCOCC3)C2)s1. The molecule has 19 heavy (non-hydrogen) atoms. The number of hydrogen-bond donors (Lipinski definition) is 0. The first-order valence-electron chi connectivity index (χ1n) is 6.77. The van der Waals surface area contributed by atoms with E-state index in [1.54, 1.807) is 13.1 Å². The summed E-state index contributed by atoms with van der Waals surface area (Å²) in [5.41, 5.74) is 0. The molecule has 1 aromatic heterocycles. The highest BCUT2D eigenvalue weighted by Crippen LogP contribution is 2.27. The van der Waals surface area contributed by atoms with Gasteiger partial charge in [0.05, 0.1) is 24.3 Å². The van der Waals surface area contributed by atoms with Gasteiger partial charge in [0.15, 0.2) is 10.9 Å². The third-order valence-electron chi connectivity index (χ3n) is 3.84. The Balaban J connectivity index is 1.62. The summed E-state index contributed by atoms with van der Waals surface area (Å²) in [7, 11) is 0. The molecule has 0 radical (unpaired) electrons. The van der Waals surface area contributed by atoms with Crippen molar-refractivity contribution in [1.29, 1.82) is 0 Å². The van der Waals surface area contributed by atoms with Crippen molar-refractivity contribution in [2.75, 3.05) is 44.3 Å². The number of carbonyl (C=O) groups excluding carboxylic acids is 1. The van der Waals surface area contributed by atoms with Crippen LogP contribution < -0.4 is 4.90 Å². The maximum Gasteiger partial charge on any atom is 0.185 e. The zero-order chi connectivity index (χ0) is 13.2. The molecule has 0 aromatic carbocycles. The number of Topliss-reactive ketones (excluding diaryl/α,β-unsaturated/α-hetero) is 1. The van der Waals surface area contributed by atoms with Crippen molar-refractivity contribution in [3.05, 3.63) is 11.1 Å². The van der Waals surface area contributed by atoms with Gasteiger partial charge in [-0.2, -0.15) is 0 Å². The van der Waals surface area contributed by atoms with E-state index in [0.29, 0.717) is 6.04 Å². The second-order valence-electron chi connectivity index (χ2n) is 5.10. The Bertz CT molecular complexity index is 456. The molecule has 6 heteroatoms. The molecule has 2 aliphatic heterocycles. The minimum Gasteiger partial charge on any atom is -0.379 e. The Morgan fingerprint density at radius 2 is 2.21 bits per heavy atom. The van der Waals surface area contributed by atoms with Gasteiger partial charge in [-0.15, -0.1) is 0 Å². The number of anilines is 1. The standard InChI is InChI=1S/C13H19N3O2S/c1-10(17)12-8-14-13(19-12)16-3-2-11(9-16)15-4-6-18-7-5-15/h8,11H,2-7,9H2,1H3. The predicted octanol–water partition coefficient (Wildman–Crippen LogP) is 1.26. The fourth-order valence-corrected chi connectivity index (χ4v) is 3.58. The van der Waals surface area contributed by atoms with Gasteiger partial charge in [0.25, 0.3) is 0 Å². The lowest BCUT2D eigenvalue weighted by Gasteiger charge is -2.32. The maximum atomic E-state index is 11.3. The van der Waals surface area contributed by atoms with Gasteiger partial charge >= 0.3 is 0 Å². The Labute approximate surface area is 117 Å². The van der Waals surface area contributed by atoms with Crippen molar-refractivity contribution in [1.82, 2.24) is 9.88 Å². The number of ether oxygens (including phenoxy) is 1. The summed E-state index contributed by atoms with van der Waals surface area (Å²) in [6.07, 6.45) is 2.87. The van der Waals surface area contributed by atoms with Crippen LogP contribution in [0, 0.1) is 0 Å². The van der Waals surface area contributed by atoms with Crippen molar-refractivity contribution >= 4 is 22.3 Å². The number of rotatable bonds is 3.